The van der Waals surface area contributed by atoms with Gasteiger partial charge in [0.15, 0.2) is 5.54 Å². The molecule has 0 amide bonds. The first-order chi connectivity index (χ1) is 9.88. The predicted molar refractivity (Wildman–Crippen MR) is 78.7 cm³/mol. The number of hydrogen-bond donors (Lipinski definition) is 1. The number of rotatable bonds is 4. The monoisotopic (exact) mass is 310 g/mol. The number of ether oxygens (including phenoxy) is 1. The Labute approximate surface area is 127 Å². The zero-order valence-electron chi connectivity index (χ0n) is 11.7. The van der Waals surface area contributed by atoms with Crippen molar-refractivity contribution in [3.8, 4) is 0 Å². The Kier molecular flexibility index (Phi) is 4.18. The van der Waals surface area contributed by atoms with Gasteiger partial charge >= 0.3 is 11.9 Å². The van der Waals surface area contributed by atoms with E-state index >= 15 is 0 Å². The van der Waals surface area contributed by atoms with E-state index in [1.807, 2.05) is 0 Å². The minimum absolute atomic E-state index is 0.0240. The van der Waals surface area contributed by atoms with Crippen LogP contribution in [0, 0.1) is 0 Å². The summed E-state index contributed by atoms with van der Waals surface area (Å²) in [7, 11) is 0. The average Bonchev–Trinajstić information content (AvgIpc) is 2.80. The standard InChI is InChI=1S/C14H15ClN2O4/c1-3-21-12(18)11-8-14(2,13(19)20)17(16-11)10-6-4-9(15)5-7-10/h4-7H,3,8H2,1-2H3,(H,19,20)/t14-/m1/s1. The molecule has 0 unspecified atom stereocenters. The lowest BCUT2D eigenvalue weighted by Gasteiger charge is -2.29. The molecule has 6 nitrogen and oxygen atoms in total. The van der Waals surface area contributed by atoms with Gasteiger partial charge < -0.3 is 9.84 Å². The number of carbonyl (C=O) groups excluding carboxylic acids is 1. The smallest absolute Gasteiger partial charge is 0.354 e. The molecule has 7 heteroatoms. The highest BCUT2D eigenvalue weighted by molar-refractivity contribution is 6.38. The lowest BCUT2D eigenvalue weighted by atomic mass is 9.95. The van der Waals surface area contributed by atoms with Gasteiger partial charge in [-0.05, 0) is 38.1 Å². The largest absolute Gasteiger partial charge is 0.479 e. The van der Waals surface area contributed by atoms with Gasteiger partial charge in [0.05, 0.1) is 12.3 Å². The lowest BCUT2D eigenvalue weighted by molar-refractivity contribution is -0.142. The Morgan fingerprint density at radius 2 is 2.05 bits per heavy atom. The summed E-state index contributed by atoms with van der Waals surface area (Å²) in [5.74, 6) is -1.66. The van der Waals surface area contributed by atoms with Crippen LogP contribution in [0.1, 0.15) is 20.3 Å². The number of halogens is 1. The fourth-order valence-electron chi connectivity index (χ4n) is 2.09. The third-order valence-corrected chi connectivity index (χ3v) is 3.49. The average molecular weight is 311 g/mol. The molecule has 0 fully saturated rings. The highest BCUT2D eigenvalue weighted by atomic mass is 35.5. The summed E-state index contributed by atoms with van der Waals surface area (Å²) in [5, 5.41) is 15.5. The van der Waals surface area contributed by atoms with Crippen LogP contribution in [0.4, 0.5) is 5.69 Å². The lowest BCUT2D eigenvalue weighted by Crippen LogP contribution is -2.47. The van der Waals surface area contributed by atoms with E-state index < -0.39 is 17.5 Å². The molecule has 1 aromatic rings. The number of hydrazone groups is 1. The van der Waals surface area contributed by atoms with E-state index in [0.717, 1.165) is 0 Å². The van der Waals surface area contributed by atoms with E-state index in [-0.39, 0.29) is 18.7 Å². The normalized spacial score (nSPS) is 21.1. The first-order valence-corrected chi connectivity index (χ1v) is 6.80. The van der Waals surface area contributed by atoms with Crippen molar-refractivity contribution in [3.63, 3.8) is 0 Å². The van der Waals surface area contributed by atoms with Crippen LogP contribution in [-0.4, -0.2) is 34.9 Å². The quantitative estimate of drug-likeness (QED) is 0.863. The van der Waals surface area contributed by atoms with Gasteiger partial charge in [-0.1, -0.05) is 11.6 Å². The van der Waals surface area contributed by atoms with Gasteiger partial charge in [0.2, 0.25) is 0 Å². The number of carbonyl (C=O) groups is 2. The Bertz CT molecular complexity index is 599. The van der Waals surface area contributed by atoms with Gasteiger partial charge in [-0.3, -0.25) is 0 Å². The SMILES string of the molecule is CCOC(=O)C1=NN(c2ccc(Cl)cc2)[C@@](C)(C(=O)O)C1. The zero-order chi connectivity index (χ0) is 15.6. The van der Waals surface area contributed by atoms with E-state index in [9.17, 15) is 14.7 Å². The zero-order valence-corrected chi connectivity index (χ0v) is 12.4. The van der Waals surface area contributed by atoms with Gasteiger partial charge in [-0.15, -0.1) is 0 Å². The van der Waals surface area contributed by atoms with E-state index in [4.69, 9.17) is 16.3 Å². The topological polar surface area (TPSA) is 79.2 Å². The molecule has 0 saturated carbocycles. The summed E-state index contributed by atoms with van der Waals surface area (Å²) in [5.41, 5.74) is -0.698. The summed E-state index contributed by atoms with van der Waals surface area (Å²) < 4.78 is 4.89. The van der Waals surface area contributed by atoms with Crippen molar-refractivity contribution in [2.75, 3.05) is 11.6 Å². The Balaban J connectivity index is 2.40. The molecule has 1 N–H and O–H groups in total. The van der Waals surface area contributed by atoms with Crippen molar-refractivity contribution in [2.45, 2.75) is 25.8 Å². The predicted octanol–water partition coefficient (Wildman–Crippen LogP) is 2.31. The summed E-state index contributed by atoms with van der Waals surface area (Å²) in [4.78, 5) is 23.4. The number of benzene rings is 1. The first-order valence-electron chi connectivity index (χ1n) is 6.42. The number of esters is 1. The van der Waals surface area contributed by atoms with E-state index in [2.05, 4.69) is 5.10 Å². The molecule has 1 atom stereocenters. The Morgan fingerprint density at radius 3 is 2.57 bits per heavy atom. The molecule has 1 aliphatic heterocycles. The summed E-state index contributed by atoms with van der Waals surface area (Å²) in [6, 6.07) is 6.58. The molecule has 0 aromatic heterocycles. The summed E-state index contributed by atoms with van der Waals surface area (Å²) in [6.07, 6.45) is -0.0240. The molecule has 0 saturated heterocycles. The molecule has 0 spiro atoms. The van der Waals surface area contributed by atoms with Crippen LogP contribution in [0.15, 0.2) is 29.4 Å². The second kappa shape index (κ2) is 5.73. The Hall–Kier alpha value is -2.08. The van der Waals surface area contributed by atoms with Crippen LogP contribution in [0.5, 0.6) is 0 Å². The Morgan fingerprint density at radius 1 is 1.43 bits per heavy atom. The number of nitrogens with zero attached hydrogens (tertiary/aromatic N) is 2. The second-order valence-corrected chi connectivity index (χ2v) is 5.25. The molecule has 0 radical (unpaired) electrons. The third kappa shape index (κ3) is 2.85. The number of anilines is 1. The maximum absolute atomic E-state index is 11.8. The van der Waals surface area contributed by atoms with Gasteiger partial charge in [0.25, 0.3) is 0 Å². The van der Waals surface area contributed by atoms with Gasteiger partial charge in [-0.2, -0.15) is 5.10 Å². The van der Waals surface area contributed by atoms with E-state index in [1.54, 1.807) is 31.2 Å². The molecule has 0 bridgehead atoms. The molecular formula is C14H15ClN2O4. The van der Waals surface area contributed by atoms with Crippen LogP contribution in [0.25, 0.3) is 0 Å². The highest BCUT2D eigenvalue weighted by Gasteiger charge is 2.48. The number of carboxylic acid groups (broad SMARTS) is 1. The number of carboxylic acids is 1. The third-order valence-electron chi connectivity index (χ3n) is 3.24. The maximum Gasteiger partial charge on any atom is 0.354 e. The summed E-state index contributed by atoms with van der Waals surface area (Å²) in [6.45, 7) is 3.41. The fraction of sp³-hybridized carbons (Fsp3) is 0.357. The number of hydrogen-bond acceptors (Lipinski definition) is 5. The molecule has 1 aromatic carbocycles. The molecule has 21 heavy (non-hydrogen) atoms. The van der Waals surface area contributed by atoms with E-state index in [0.29, 0.717) is 10.7 Å². The van der Waals surface area contributed by atoms with Gasteiger partial charge in [0, 0.05) is 11.4 Å². The maximum atomic E-state index is 11.8. The fourth-order valence-corrected chi connectivity index (χ4v) is 2.21. The highest BCUT2D eigenvalue weighted by Crippen LogP contribution is 2.34. The van der Waals surface area contributed by atoms with Crippen molar-refractivity contribution in [1.82, 2.24) is 0 Å². The minimum Gasteiger partial charge on any atom is -0.479 e. The molecular weight excluding hydrogens is 296 g/mol. The van der Waals surface area contributed by atoms with Gasteiger partial charge in [-0.25, -0.2) is 14.6 Å². The van der Waals surface area contributed by atoms with Crippen LogP contribution in [0.2, 0.25) is 5.02 Å². The molecule has 0 aliphatic carbocycles. The van der Waals surface area contributed by atoms with Crippen LogP contribution in [0.3, 0.4) is 0 Å². The number of aliphatic carboxylic acids is 1. The second-order valence-electron chi connectivity index (χ2n) is 4.81. The van der Waals surface area contributed by atoms with Crippen molar-refractivity contribution in [1.29, 1.82) is 0 Å². The molecule has 1 aliphatic rings. The van der Waals surface area contributed by atoms with Crippen LogP contribution >= 0.6 is 11.6 Å². The van der Waals surface area contributed by atoms with Gasteiger partial charge in [0.1, 0.15) is 5.71 Å². The van der Waals surface area contributed by atoms with Crippen molar-refractivity contribution in [2.24, 2.45) is 5.10 Å². The summed E-state index contributed by atoms with van der Waals surface area (Å²) >= 11 is 5.83. The first kappa shape index (κ1) is 15.3. The van der Waals surface area contributed by atoms with Crippen LogP contribution in [-0.2, 0) is 14.3 Å². The van der Waals surface area contributed by atoms with Crippen molar-refractivity contribution in [3.05, 3.63) is 29.3 Å². The minimum atomic E-state index is -1.34. The molecule has 2 rings (SSSR count). The molecule has 1 heterocycles. The van der Waals surface area contributed by atoms with E-state index in [1.165, 1.54) is 11.9 Å². The van der Waals surface area contributed by atoms with Crippen molar-refractivity contribution >= 4 is 34.9 Å². The van der Waals surface area contributed by atoms with Crippen molar-refractivity contribution < 1.29 is 19.4 Å². The van der Waals surface area contributed by atoms with Crippen LogP contribution < -0.4 is 5.01 Å². The molecule has 112 valence electrons.